The van der Waals surface area contributed by atoms with Gasteiger partial charge in [0.2, 0.25) is 0 Å². The quantitative estimate of drug-likeness (QED) is 0.251. The molecule has 0 bridgehead atoms. The lowest BCUT2D eigenvalue weighted by atomic mass is 9.63. The number of halogens is 2. The highest BCUT2D eigenvalue weighted by molar-refractivity contribution is 9.10. The zero-order valence-electron chi connectivity index (χ0n) is 26.5. The molecule has 3 aromatic rings. The van der Waals surface area contributed by atoms with E-state index in [0.29, 0.717) is 52.1 Å². The minimum atomic E-state index is -0.517. The van der Waals surface area contributed by atoms with Crippen LogP contribution in [0.15, 0.2) is 93.7 Å². The van der Waals surface area contributed by atoms with Crippen molar-refractivity contribution < 1.29 is 23.5 Å². The molecule has 0 N–H and O–H groups in total. The summed E-state index contributed by atoms with van der Waals surface area (Å²) in [5.74, 6) is 0.258. The zero-order chi connectivity index (χ0) is 32.1. The molecule has 0 spiro atoms. The molecule has 0 amide bonds. The van der Waals surface area contributed by atoms with E-state index in [0.717, 1.165) is 35.4 Å². The predicted octanol–water partition coefficient (Wildman–Crippen LogP) is 9.06. The smallest absolute Gasteiger partial charge is 0.175 e. The molecule has 7 heteroatoms. The van der Waals surface area contributed by atoms with Crippen LogP contribution in [0.1, 0.15) is 76.0 Å². The molecule has 0 unspecified atom stereocenters. The molecule has 45 heavy (non-hydrogen) atoms. The first kappa shape index (κ1) is 31.3. The van der Waals surface area contributed by atoms with E-state index in [2.05, 4.69) is 60.7 Å². The molecule has 0 fully saturated rings. The summed E-state index contributed by atoms with van der Waals surface area (Å²) in [6, 6.07) is 20.4. The zero-order valence-corrected chi connectivity index (χ0v) is 28.1. The highest BCUT2D eigenvalue weighted by Gasteiger charge is 2.49. The van der Waals surface area contributed by atoms with Crippen LogP contribution in [0.5, 0.6) is 11.5 Å². The molecule has 0 saturated heterocycles. The monoisotopic (exact) mass is 671 g/mol. The van der Waals surface area contributed by atoms with Crippen molar-refractivity contribution in [3.8, 4) is 11.5 Å². The van der Waals surface area contributed by atoms with Crippen LogP contribution in [0, 0.1) is 16.6 Å². The van der Waals surface area contributed by atoms with E-state index in [4.69, 9.17) is 9.47 Å². The van der Waals surface area contributed by atoms with Crippen molar-refractivity contribution in [3.05, 3.63) is 116 Å². The van der Waals surface area contributed by atoms with Crippen LogP contribution < -0.4 is 9.47 Å². The molecule has 5 nitrogen and oxygen atoms in total. The normalized spacial score (nSPS) is 19.4. The molecule has 6 rings (SSSR count). The number of ketones is 2. The van der Waals surface area contributed by atoms with E-state index in [1.54, 1.807) is 19.2 Å². The minimum absolute atomic E-state index is 0.0787. The highest BCUT2D eigenvalue weighted by Crippen LogP contribution is 2.55. The maximum Gasteiger partial charge on any atom is 0.175 e. The van der Waals surface area contributed by atoms with Crippen LogP contribution in [0.4, 0.5) is 4.39 Å². The van der Waals surface area contributed by atoms with E-state index in [-0.39, 0.29) is 34.8 Å². The van der Waals surface area contributed by atoms with Gasteiger partial charge in [0.05, 0.1) is 11.6 Å². The summed E-state index contributed by atoms with van der Waals surface area (Å²) >= 11 is 3.70. The number of ether oxygens (including phenoxy) is 2. The molecular formula is C38H39BrFNO4. The third-order valence-corrected chi connectivity index (χ3v) is 9.65. The molecule has 3 aromatic carbocycles. The summed E-state index contributed by atoms with van der Waals surface area (Å²) in [5, 5.41) is 0. The second-order valence-electron chi connectivity index (χ2n) is 14.1. The Morgan fingerprint density at radius 1 is 0.822 bits per heavy atom. The number of benzene rings is 3. The van der Waals surface area contributed by atoms with E-state index >= 15 is 0 Å². The topological polar surface area (TPSA) is 55.8 Å². The Morgan fingerprint density at radius 2 is 1.42 bits per heavy atom. The number of hydrogen-bond acceptors (Lipinski definition) is 5. The third kappa shape index (κ3) is 6.24. The van der Waals surface area contributed by atoms with E-state index in [1.807, 2.05) is 30.3 Å². The van der Waals surface area contributed by atoms with Gasteiger partial charge < -0.3 is 14.4 Å². The SMILES string of the molecule is COc1cc(C2C3=C(CC(C)(C)CC3=O)N(Cc3ccccc3)C3=C2C(=O)CC(C)(C)C3)cc(Br)c1OCc1cccc(F)c1. The first-order valence-electron chi connectivity index (χ1n) is 15.4. The molecular weight excluding hydrogens is 633 g/mol. The fraction of sp³-hybridized carbons (Fsp3) is 0.368. The van der Waals surface area contributed by atoms with Crippen molar-refractivity contribution in [1.29, 1.82) is 0 Å². The van der Waals surface area contributed by atoms with Crippen molar-refractivity contribution >= 4 is 27.5 Å². The van der Waals surface area contributed by atoms with Crippen molar-refractivity contribution in [2.75, 3.05) is 7.11 Å². The number of carbonyl (C=O) groups is 2. The van der Waals surface area contributed by atoms with Gasteiger partial charge in [-0.05, 0) is 80.6 Å². The largest absolute Gasteiger partial charge is 0.493 e. The number of hydrogen-bond donors (Lipinski definition) is 0. The van der Waals surface area contributed by atoms with Gasteiger partial charge in [0, 0.05) is 47.8 Å². The second kappa shape index (κ2) is 11.9. The van der Waals surface area contributed by atoms with E-state index in [1.165, 1.54) is 12.1 Å². The average Bonchev–Trinajstić information content (AvgIpc) is 2.96. The summed E-state index contributed by atoms with van der Waals surface area (Å²) in [5.41, 5.74) is 5.63. The fourth-order valence-corrected chi connectivity index (χ4v) is 7.74. The molecule has 2 aliphatic carbocycles. The number of nitrogens with zero attached hydrogens (tertiary/aromatic N) is 1. The Bertz CT molecular complexity index is 1690. The van der Waals surface area contributed by atoms with Crippen LogP contribution in [0.3, 0.4) is 0 Å². The Morgan fingerprint density at radius 3 is 2.00 bits per heavy atom. The predicted molar refractivity (Wildman–Crippen MR) is 176 cm³/mol. The minimum Gasteiger partial charge on any atom is -0.493 e. The van der Waals surface area contributed by atoms with Crippen molar-refractivity contribution in [2.45, 2.75) is 72.4 Å². The van der Waals surface area contributed by atoms with E-state index < -0.39 is 5.92 Å². The third-order valence-electron chi connectivity index (χ3n) is 9.06. The van der Waals surface area contributed by atoms with Gasteiger partial charge in [-0.3, -0.25) is 9.59 Å². The van der Waals surface area contributed by atoms with Crippen LogP contribution in [0.2, 0.25) is 0 Å². The lowest BCUT2D eigenvalue weighted by Gasteiger charge is -2.49. The van der Waals surface area contributed by atoms with Crippen LogP contribution in [0.25, 0.3) is 0 Å². The molecule has 3 aliphatic rings. The van der Waals surface area contributed by atoms with Gasteiger partial charge in [-0.1, -0.05) is 70.2 Å². The van der Waals surface area contributed by atoms with Crippen LogP contribution >= 0.6 is 15.9 Å². The van der Waals surface area contributed by atoms with Crippen molar-refractivity contribution in [3.63, 3.8) is 0 Å². The summed E-state index contributed by atoms with van der Waals surface area (Å²) in [7, 11) is 1.57. The van der Waals surface area contributed by atoms with Gasteiger partial charge in [-0.25, -0.2) is 4.39 Å². The summed E-state index contributed by atoms with van der Waals surface area (Å²) in [6.07, 6.45) is 2.29. The maximum atomic E-state index is 14.2. The second-order valence-corrected chi connectivity index (χ2v) is 14.9. The van der Waals surface area contributed by atoms with Gasteiger partial charge in [-0.15, -0.1) is 0 Å². The lowest BCUT2D eigenvalue weighted by Crippen LogP contribution is -2.44. The fourth-order valence-electron chi connectivity index (χ4n) is 7.17. The van der Waals surface area contributed by atoms with Gasteiger partial charge in [-0.2, -0.15) is 0 Å². The number of methoxy groups -OCH3 is 1. The molecule has 1 heterocycles. The van der Waals surface area contributed by atoms with Gasteiger partial charge in [0.25, 0.3) is 0 Å². The Hall–Kier alpha value is -3.71. The molecule has 1 aliphatic heterocycles. The molecule has 234 valence electrons. The summed E-state index contributed by atoms with van der Waals surface area (Å²) in [4.78, 5) is 30.7. The summed E-state index contributed by atoms with van der Waals surface area (Å²) < 4.78 is 26.4. The number of carbonyl (C=O) groups excluding carboxylic acids is 2. The van der Waals surface area contributed by atoms with Crippen molar-refractivity contribution in [1.82, 2.24) is 4.90 Å². The average molecular weight is 673 g/mol. The number of rotatable bonds is 7. The number of allylic oxidation sites excluding steroid dienone is 4. The lowest BCUT2D eigenvalue weighted by molar-refractivity contribution is -0.119. The van der Waals surface area contributed by atoms with Crippen LogP contribution in [-0.4, -0.2) is 23.6 Å². The van der Waals surface area contributed by atoms with E-state index in [9.17, 15) is 14.0 Å². The first-order valence-corrected chi connectivity index (χ1v) is 16.2. The van der Waals surface area contributed by atoms with Crippen LogP contribution in [-0.2, 0) is 22.7 Å². The summed E-state index contributed by atoms with van der Waals surface area (Å²) in [6.45, 7) is 9.33. The Kier molecular flexibility index (Phi) is 8.27. The standard InChI is InChI=1S/C38H39BrFNO4/c1-37(2)17-28-34(30(42)19-37)33(25-15-27(39)36(32(16-25)44-5)45-22-24-12-9-13-26(40)14-24)35-29(18-38(3,4)20-31(35)43)41(28)21-23-10-7-6-8-11-23/h6-16,33H,17-22H2,1-5H3. The van der Waals surface area contributed by atoms with Gasteiger partial charge in [0.1, 0.15) is 12.4 Å². The van der Waals surface area contributed by atoms with Gasteiger partial charge >= 0.3 is 0 Å². The molecule has 0 radical (unpaired) electrons. The number of Topliss-reactive ketones (excluding diaryl/α,β-unsaturated/α-hetero) is 2. The Labute approximate surface area is 273 Å². The molecule has 0 saturated carbocycles. The van der Waals surface area contributed by atoms with Gasteiger partial charge in [0.15, 0.2) is 23.1 Å². The maximum absolute atomic E-state index is 14.2. The van der Waals surface area contributed by atoms with Crippen molar-refractivity contribution in [2.24, 2.45) is 10.8 Å². The highest BCUT2D eigenvalue weighted by atomic mass is 79.9. The Balaban J connectivity index is 1.50. The molecule has 0 atom stereocenters. The molecule has 0 aromatic heterocycles. The first-order chi connectivity index (χ1) is 21.4.